The van der Waals surface area contributed by atoms with Gasteiger partial charge in [-0.3, -0.25) is 0 Å². The van der Waals surface area contributed by atoms with E-state index in [0.29, 0.717) is 0 Å². The highest BCUT2D eigenvalue weighted by Gasteiger charge is 2.18. The van der Waals surface area contributed by atoms with Gasteiger partial charge in [0.2, 0.25) is 0 Å². The van der Waals surface area contributed by atoms with Crippen molar-refractivity contribution >= 4 is 49.4 Å². The summed E-state index contributed by atoms with van der Waals surface area (Å²) in [4.78, 5) is 2.37. The standard InChI is InChI=1S/C54H37N/c1-4-13-38(14-5-1)39-23-25-40(26-24-39)45-18-12-21-48(35-45)55(47-19-8-3-9-20-47)49-33-34-50(52(37-49)41-15-6-2-7-16-41)46-32-29-43-28-31-44-30-27-42-17-10-11-22-51(42)54(44)53(43)36-46/h1-37H. The lowest BCUT2D eigenvalue weighted by atomic mass is 9.90. The van der Waals surface area contributed by atoms with E-state index in [2.05, 4.69) is 229 Å². The van der Waals surface area contributed by atoms with Crippen LogP contribution in [-0.2, 0) is 0 Å². The lowest BCUT2D eigenvalue weighted by Gasteiger charge is -2.27. The lowest BCUT2D eigenvalue weighted by Crippen LogP contribution is -2.10. The third-order valence-corrected chi connectivity index (χ3v) is 10.8. The predicted molar refractivity (Wildman–Crippen MR) is 235 cm³/mol. The van der Waals surface area contributed by atoms with Crippen molar-refractivity contribution in [2.24, 2.45) is 0 Å². The van der Waals surface area contributed by atoms with Crippen molar-refractivity contribution in [1.29, 1.82) is 0 Å². The van der Waals surface area contributed by atoms with Gasteiger partial charge in [-0.25, -0.2) is 0 Å². The van der Waals surface area contributed by atoms with Gasteiger partial charge in [-0.15, -0.1) is 0 Å². The van der Waals surface area contributed by atoms with Crippen LogP contribution in [0.15, 0.2) is 224 Å². The van der Waals surface area contributed by atoms with E-state index in [1.54, 1.807) is 0 Å². The summed E-state index contributed by atoms with van der Waals surface area (Å²) in [5.74, 6) is 0. The Hall–Kier alpha value is -7.22. The number of para-hydroxylation sites is 1. The van der Waals surface area contributed by atoms with E-state index in [1.165, 1.54) is 76.8 Å². The van der Waals surface area contributed by atoms with Crippen molar-refractivity contribution in [2.45, 2.75) is 0 Å². The topological polar surface area (TPSA) is 3.24 Å². The van der Waals surface area contributed by atoms with Gasteiger partial charge in [-0.1, -0.05) is 182 Å². The number of rotatable bonds is 7. The van der Waals surface area contributed by atoms with Crippen LogP contribution in [0.3, 0.4) is 0 Å². The summed E-state index contributed by atoms with van der Waals surface area (Å²) in [6, 6.07) is 81.4. The van der Waals surface area contributed by atoms with Crippen LogP contribution in [0.5, 0.6) is 0 Å². The Morgan fingerprint density at radius 2 is 0.745 bits per heavy atom. The molecule has 10 rings (SSSR count). The molecule has 0 spiro atoms. The van der Waals surface area contributed by atoms with E-state index >= 15 is 0 Å². The molecule has 0 aliphatic heterocycles. The molecule has 0 amide bonds. The van der Waals surface area contributed by atoms with Crippen LogP contribution in [0, 0.1) is 0 Å². The molecule has 258 valence electrons. The van der Waals surface area contributed by atoms with Crippen molar-refractivity contribution in [3.05, 3.63) is 224 Å². The fraction of sp³-hybridized carbons (Fsp3) is 0. The number of nitrogens with zero attached hydrogens (tertiary/aromatic N) is 1. The van der Waals surface area contributed by atoms with Gasteiger partial charge in [0.15, 0.2) is 0 Å². The Morgan fingerprint density at radius 1 is 0.236 bits per heavy atom. The Bertz CT molecular complexity index is 2940. The van der Waals surface area contributed by atoms with E-state index < -0.39 is 0 Å². The quantitative estimate of drug-likeness (QED) is 0.150. The molecule has 10 aromatic rings. The third-order valence-electron chi connectivity index (χ3n) is 10.8. The molecular formula is C54H37N. The fourth-order valence-corrected chi connectivity index (χ4v) is 8.11. The molecule has 1 heteroatoms. The summed E-state index contributed by atoms with van der Waals surface area (Å²) in [5, 5.41) is 7.63. The second-order valence-corrected chi connectivity index (χ2v) is 14.1. The first-order valence-corrected chi connectivity index (χ1v) is 18.9. The summed E-state index contributed by atoms with van der Waals surface area (Å²) >= 11 is 0. The van der Waals surface area contributed by atoms with E-state index in [0.717, 1.165) is 17.1 Å². The smallest absolute Gasteiger partial charge is 0.0468 e. The Labute approximate surface area is 322 Å². The number of fused-ring (bicyclic) bond motifs is 5. The largest absolute Gasteiger partial charge is 0.310 e. The first-order valence-electron chi connectivity index (χ1n) is 18.9. The van der Waals surface area contributed by atoms with Crippen LogP contribution in [0.1, 0.15) is 0 Å². The zero-order chi connectivity index (χ0) is 36.6. The first kappa shape index (κ1) is 32.4. The van der Waals surface area contributed by atoms with Crippen molar-refractivity contribution in [3.8, 4) is 44.5 Å². The number of benzene rings is 10. The first-order chi connectivity index (χ1) is 27.3. The maximum absolute atomic E-state index is 2.40. The van der Waals surface area contributed by atoms with Crippen molar-refractivity contribution < 1.29 is 0 Å². The highest BCUT2D eigenvalue weighted by molar-refractivity contribution is 6.20. The highest BCUT2D eigenvalue weighted by Crippen LogP contribution is 2.43. The van der Waals surface area contributed by atoms with E-state index in [4.69, 9.17) is 0 Å². The summed E-state index contributed by atoms with van der Waals surface area (Å²) in [6.45, 7) is 0. The van der Waals surface area contributed by atoms with Crippen LogP contribution in [0.2, 0.25) is 0 Å². The molecule has 1 nitrogen and oxygen atoms in total. The molecule has 0 fully saturated rings. The summed E-state index contributed by atoms with van der Waals surface area (Å²) in [6.07, 6.45) is 0. The van der Waals surface area contributed by atoms with Crippen molar-refractivity contribution in [2.75, 3.05) is 4.90 Å². The summed E-state index contributed by atoms with van der Waals surface area (Å²) in [7, 11) is 0. The molecule has 0 aliphatic carbocycles. The monoisotopic (exact) mass is 699 g/mol. The molecule has 10 aromatic carbocycles. The second-order valence-electron chi connectivity index (χ2n) is 14.1. The minimum absolute atomic E-state index is 1.10. The molecule has 0 N–H and O–H groups in total. The van der Waals surface area contributed by atoms with E-state index in [9.17, 15) is 0 Å². The maximum atomic E-state index is 2.40. The van der Waals surface area contributed by atoms with Gasteiger partial charge < -0.3 is 4.90 Å². The van der Waals surface area contributed by atoms with Crippen LogP contribution in [-0.4, -0.2) is 0 Å². The van der Waals surface area contributed by atoms with Gasteiger partial charge in [0.1, 0.15) is 0 Å². The molecule has 0 saturated carbocycles. The van der Waals surface area contributed by atoms with Crippen LogP contribution in [0.4, 0.5) is 17.1 Å². The Balaban J connectivity index is 1.12. The minimum atomic E-state index is 1.10. The van der Waals surface area contributed by atoms with Gasteiger partial charge in [0.05, 0.1) is 0 Å². The summed E-state index contributed by atoms with van der Waals surface area (Å²) in [5.41, 5.74) is 12.9. The van der Waals surface area contributed by atoms with Crippen LogP contribution >= 0.6 is 0 Å². The maximum Gasteiger partial charge on any atom is 0.0468 e. The zero-order valence-electron chi connectivity index (χ0n) is 30.3. The molecule has 0 aliphatic rings. The van der Waals surface area contributed by atoms with Crippen molar-refractivity contribution in [3.63, 3.8) is 0 Å². The second kappa shape index (κ2) is 14.0. The molecule has 0 bridgehead atoms. The zero-order valence-corrected chi connectivity index (χ0v) is 30.3. The number of hydrogen-bond acceptors (Lipinski definition) is 1. The van der Waals surface area contributed by atoms with Gasteiger partial charge in [-0.2, -0.15) is 0 Å². The van der Waals surface area contributed by atoms with E-state index in [1.807, 2.05) is 0 Å². The lowest BCUT2D eigenvalue weighted by molar-refractivity contribution is 1.28. The van der Waals surface area contributed by atoms with Gasteiger partial charge in [0, 0.05) is 17.1 Å². The summed E-state index contributed by atoms with van der Waals surface area (Å²) < 4.78 is 0. The Morgan fingerprint density at radius 3 is 1.49 bits per heavy atom. The van der Waals surface area contributed by atoms with Gasteiger partial charge in [0.25, 0.3) is 0 Å². The molecule has 0 atom stereocenters. The molecule has 0 saturated heterocycles. The molecule has 0 unspecified atom stereocenters. The van der Waals surface area contributed by atoms with Gasteiger partial charge in [-0.05, 0) is 119 Å². The normalized spacial score (nSPS) is 11.3. The molecule has 0 heterocycles. The van der Waals surface area contributed by atoms with Crippen LogP contribution in [0.25, 0.3) is 76.8 Å². The van der Waals surface area contributed by atoms with Crippen molar-refractivity contribution in [1.82, 2.24) is 0 Å². The van der Waals surface area contributed by atoms with E-state index in [-0.39, 0.29) is 0 Å². The average Bonchev–Trinajstić information content (AvgIpc) is 3.27. The predicted octanol–water partition coefficient (Wildman–Crippen LogP) is 15.3. The Kier molecular flexibility index (Phi) is 8.24. The SMILES string of the molecule is c1ccc(-c2ccc(-c3cccc(N(c4ccccc4)c4ccc(-c5ccc6ccc7ccc8ccccc8c7c6c5)c(-c5ccccc5)c4)c3)cc2)cc1. The average molecular weight is 700 g/mol. The molecule has 55 heavy (non-hydrogen) atoms. The molecular weight excluding hydrogens is 663 g/mol. The number of hydrogen-bond donors (Lipinski definition) is 0. The van der Waals surface area contributed by atoms with Crippen LogP contribution < -0.4 is 4.90 Å². The highest BCUT2D eigenvalue weighted by atomic mass is 15.1. The minimum Gasteiger partial charge on any atom is -0.310 e. The molecule has 0 radical (unpaired) electrons. The van der Waals surface area contributed by atoms with Gasteiger partial charge >= 0.3 is 0 Å². The third kappa shape index (κ3) is 6.12. The number of anilines is 3. The molecule has 0 aromatic heterocycles. The fourth-order valence-electron chi connectivity index (χ4n) is 8.11.